The third kappa shape index (κ3) is 4.66. The Hall–Kier alpha value is -1.71. The zero-order valence-corrected chi connectivity index (χ0v) is 13.0. The molecule has 1 heterocycles. The molecule has 1 aromatic carbocycles. The highest BCUT2D eigenvalue weighted by molar-refractivity contribution is 5.59. The van der Waals surface area contributed by atoms with E-state index in [1.807, 2.05) is 45.0 Å². The van der Waals surface area contributed by atoms with Crippen molar-refractivity contribution in [1.82, 2.24) is 10.3 Å². The average Bonchev–Trinajstić information content (AvgIpc) is 2.47. The summed E-state index contributed by atoms with van der Waals surface area (Å²) in [5, 5.41) is 13.3. The first-order valence-electron chi connectivity index (χ1n) is 7.36. The smallest absolute Gasteiger partial charge is 0.0712 e. The molecule has 3 heteroatoms. The Morgan fingerprint density at radius 3 is 2.62 bits per heavy atom. The standard InChI is InChI=1S/C18H24N2O/c1-18(2,3)17(21)13-19-12-14-7-6-8-15(11-14)16-9-4-5-10-20-16/h4-11,17,19,21H,12-13H2,1-3H3. The molecule has 0 aliphatic heterocycles. The molecule has 1 atom stereocenters. The molecule has 0 saturated heterocycles. The molecule has 2 aromatic rings. The molecule has 112 valence electrons. The van der Waals surface area contributed by atoms with Crippen LogP contribution in [0.5, 0.6) is 0 Å². The summed E-state index contributed by atoms with van der Waals surface area (Å²) in [5.74, 6) is 0. The highest BCUT2D eigenvalue weighted by Gasteiger charge is 2.21. The predicted octanol–water partition coefficient (Wildman–Crippen LogP) is 3.25. The minimum atomic E-state index is -0.350. The van der Waals surface area contributed by atoms with Gasteiger partial charge in [0.1, 0.15) is 0 Å². The van der Waals surface area contributed by atoms with E-state index >= 15 is 0 Å². The topological polar surface area (TPSA) is 45.1 Å². The number of nitrogens with zero attached hydrogens (tertiary/aromatic N) is 1. The first kappa shape index (κ1) is 15.7. The molecule has 0 bridgehead atoms. The number of aliphatic hydroxyl groups excluding tert-OH is 1. The second kappa shape index (κ2) is 6.83. The number of rotatable bonds is 5. The van der Waals surface area contributed by atoms with Crippen LogP contribution in [0.3, 0.4) is 0 Å². The maximum atomic E-state index is 10.0. The van der Waals surface area contributed by atoms with Gasteiger partial charge in [0.15, 0.2) is 0 Å². The van der Waals surface area contributed by atoms with Crippen molar-refractivity contribution in [1.29, 1.82) is 0 Å². The highest BCUT2D eigenvalue weighted by atomic mass is 16.3. The van der Waals surface area contributed by atoms with Crippen molar-refractivity contribution < 1.29 is 5.11 Å². The second-order valence-corrected chi connectivity index (χ2v) is 6.43. The molecule has 3 nitrogen and oxygen atoms in total. The number of aliphatic hydroxyl groups is 1. The lowest BCUT2D eigenvalue weighted by Gasteiger charge is -2.26. The first-order chi connectivity index (χ1) is 9.97. The Morgan fingerprint density at radius 2 is 1.95 bits per heavy atom. The summed E-state index contributed by atoms with van der Waals surface area (Å²) in [6.45, 7) is 7.47. The number of hydrogen-bond acceptors (Lipinski definition) is 3. The summed E-state index contributed by atoms with van der Waals surface area (Å²) in [6, 6.07) is 14.3. The van der Waals surface area contributed by atoms with Gasteiger partial charge in [0, 0.05) is 24.8 Å². The molecule has 0 saturated carbocycles. The van der Waals surface area contributed by atoms with E-state index in [9.17, 15) is 5.11 Å². The summed E-state index contributed by atoms with van der Waals surface area (Å²) >= 11 is 0. The van der Waals surface area contributed by atoms with E-state index in [0.29, 0.717) is 6.54 Å². The Balaban J connectivity index is 1.96. The summed E-state index contributed by atoms with van der Waals surface area (Å²) in [5.41, 5.74) is 3.20. The monoisotopic (exact) mass is 284 g/mol. The van der Waals surface area contributed by atoms with Gasteiger partial charge in [-0.1, -0.05) is 45.0 Å². The molecular formula is C18H24N2O. The Bertz CT molecular complexity index is 561. The van der Waals surface area contributed by atoms with Crippen LogP contribution in [0.1, 0.15) is 26.3 Å². The van der Waals surface area contributed by atoms with Gasteiger partial charge >= 0.3 is 0 Å². The highest BCUT2D eigenvalue weighted by Crippen LogP contribution is 2.19. The van der Waals surface area contributed by atoms with Gasteiger partial charge in [0.2, 0.25) is 0 Å². The number of aromatic nitrogens is 1. The van der Waals surface area contributed by atoms with Crippen LogP contribution in [-0.2, 0) is 6.54 Å². The molecule has 0 aliphatic carbocycles. The second-order valence-electron chi connectivity index (χ2n) is 6.43. The maximum Gasteiger partial charge on any atom is 0.0712 e. The SMILES string of the molecule is CC(C)(C)C(O)CNCc1cccc(-c2ccccn2)c1. The van der Waals surface area contributed by atoms with E-state index < -0.39 is 0 Å². The van der Waals surface area contributed by atoms with E-state index in [4.69, 9.17) is 0 Å². The number of benzene rings is 1. The van der Waals surface area contributed by atoms with Crippen LogP contribution in [0.4, 0.5) is 0 Å². The maximum absolute atomic E-state index is 10.0. The average molecular weight is 284 g/mol. The quantitative estimate of drug-likeness (QED) is 0.886. The van der Waals surface area contributed by atoms with Crippen molar-refractivity contribution in [2.45, 2.75) is 33.4 Å². The van der Waals surface area contributed by atoms with Crippen LogP contribution < -0.4 is 5.32 Å². The number of pyridine rings is 1. The minimum Gasteiger partial charge on any atom is -0.391 e. The molecule has 2 rings (SSSR count). The molecule has 0 fully saturated rings. The third-order valence-electron chi connectivity index (χ3n) is 3.55. The van der Waals surface area contributed by atoms with Gasteiger partial charge in [-0.2, -0.15) is 0 Å². The summed E-state index contributed by atoms with van der Waals surface area (Å²) in [4.78, 5) is 4.37. The van der Waals surface area contributed by atoms with Crippen molar-refractivity contribution in [3.63, 3.8) is 0 Å². The van der Waals surface area contributed by atoms with E-state index in [1.54, 1.807) is 6.20 Å². The van der Waals surface area contributed by atoms with Gasteiger partial charge < -0.3 is 10.4 Å². The first-order valence-corrected chi connectivity index (χ1v) is 7.36. The van der Waals surface area contributed by atoms with Gasteiger partial charge in [-0.15, -0.1) is 0 Å². The number of hydrogen-bond donors (Lipinski definition) is 2. The van der Waals surface area contributed by atoms with Gasteiger partial charge in [0.05, 0.1) is 11.8 Å². The molecule has 0 amide bonds. The van der Waals surface area contributed by atoms with Crippen LogP contribution in [0.2, 0.25) is 0 Å². The fourth-order valence-electron chi connectivity index (χ4n) is 2.03. The molecule has 1 unspecified atom stereocenters. The Kier molecular flexibility index (Phi) is 5.10. The fraction of sp³-hybridized carbons (Fsp3) is 0.389. The van der Waals surface area contributed by atoms with E-state index in [0.717, 1.165) is 17.8 Å². The molecule has 0 aliphatic rings. The third-order valence-corrected chi connectivity index (χ3v) is 3.55. The van der Waals surface area contributed by atoms with E-state index in [1.165, 1.54) is 5.56 Å². The largest absolute Gasteiger partial charge is 0.391 e. The van der Waals surface area contributed by atoms with Crippen molar-refractivity contribution in [3.05, 3.63) is 54.2 Å². The lowest BCUT2D eigenvalue weighted by molar-refractivity contribution is 0.0628. The fourth-order valence-corrected chi connectivity index (χ4v) is 2.03. The van der Waals surface area contributed by atoms with E-state index in [-0.39, 0.29) is 11.5 Å². The summed E-state index contributed by atoms with van der Waals surface area (Å²) < 4.78 is 0. The van der Waals surface area contributed by atoms with Gasteiger partial charge in [-0.25, -0.2) is 0 Å². The van der Waals surface area contributed by atoms with Crippen molar-refractivity contribution >= 4 is 0 Å². The Labute approximate surface area is 127 Å². The molecule has 0 radical (unpaired) electrons. The van der Waals surface area contributed by atoms with Gasteiger partial charge in [0.25, 0.3) is 0 Å². The molecule has 2 N–H and O–H groups in total. The lowest BCUT2D eigenvalue weighted by atomic mass is 9.89. The Morgan fingerprint density at radius 1 is 1.14 bits per heavy atom. The summed E-state index contributed by atoms with van der Waals surface area (Å²) in [6.07, 6.45) is 1.46. The van der Waals surface area contributed by atoms with Crippen molar-refractivity contribution in [3.8, 4) is 11.3 Å². The van der Waals surface area contributed by atoms with Crippen LogP contribution in [0.25, 0.3) is 11.3 Å². The molecule has 21 heavy (non-hydrogen) atoms. The normalized spacial score (nSPS) is 13.1. The zero-order chi connectivity index (χ0) is 15.3. The van der Waals surface area contributed by atoms with Gasteiger partial charge in [-0.05, 0) is 29.2 Å². The number of nitrogens with one attached hydrogen (secondary N) is 1. The van der Waals surface area contributed by atoms with Crippen LogP contribution >= 0.6 is 0 Å². The molecule has 1 aromatic heterocycles. The van der Waals surface area contributed by atoms with Crippen molar-refractivity contribution in [2.24, 2.45) is 5.41 Å². The van der Waals surface area contributed by atoms with Crippen molar-refractivity contribution in [2.75, 3.05) is 6.54 Å². The minimum absolute atomic E-state index is 0.0944. The molecular weight excluding hydrogens is 260 g/mol. The molecule has 0 spiro atoms. The van der Waals surface area contributed by atoms with E-state index in [2.05, 4.69) is 28.5 Å². The van der Waals surface area contributed by atoms with Crippen LogP contribution in [-0.4, -0.2) is 22.7 Å². The predicted molar refractivity (Wildman–Crippen MR) is 86.8 cm³/mol. The lowest BCUT2D eigenvalue weighted by Crippen LogP contribution is -2.36. The summed E-state index contributed by atoms with van der Waals surface area (Å²) in [7, 11) is 0. The zero-order valence-electron chi connectivity index (χ0n) is 13.0. The van der Waals surface area contributed by atoms with Crippen LogP contribution in [0.15, 0.2) is 48.7 Å². The van der Waals surface area contributed by atoms with Crippen LogP contribution in [0, 0.1) is 5.41 Å². The van der Waals surface area contributed by atoms with Gasteiger partial charge in [-0.3, -0.25) is 4.98 Å².